The Bertz CT molecular complexity index is 1240. The van der Waals surface area contributed by atoms with Crippen LogP contribution in [0.1, 0.15) is 51.7 Å². The fourth-order valence-corrected chi connectivity index (χ4v) is 6.01. The SMILES string of the molecule is CCc1ccc(CN(C(=O)c2oc3cc(C)c(C)cc3c2C)[C@H]2CCS(=O)(=O)C2)cc1. The Morgan fingerprint density at radius 2 is 1.71 bits per heavy atom. The van der Waals surface area contributed by atoms with Crippen LogP contribution < -0.4 is 0 Å². The van der Waals surface area contributed by atoms with Gasteiger partial charge in [-0.25, -0.2) is 8.42 Å². The maximum atomic E-state index is 13.7. The average Bonchev–Trinajstić information content (AvgIpc) is 3.26. The minimum absolute atomic E-state index is 0.00325. The molecule has 0 unspecified atom stereocenters. The van der Waals surface area contributed by atoms with Crippen molar-refractivity contribution in [2.75, 3.05) is 11.5 Å². The van der Waals surface area contributed by atoms with Crippen LogP contribution in [0.3, 0.4) is 0 Å². The number of amides is 1. The lowest BCUT2D eigenvalue weighted by molar-refractivity contribution is 0.0649. The Hall–Kier alpha value is -2.60. The number of furan rings is 1. The number of hydrogen-bond acceptors (Lipinski definition) is 4. The third-order valence-electron chi connectivity index (χ3n) is 6.44. The molecule has 2 heterocycles. The Morgan fingerprint density at radius 1 is 1.06 bits per heavy atom. The first-order valence-electron chi connectivity index (χ1n) is 10.8. The first-order valence-corrected chi connectivity index (χ1v) is 12.6. The van der Waals surface area contributed by atoms with E-state index < -0.39 is 9.84 Å². The smallest absolute Gasteiger partial charge is 0.290 e. The largest absolute Gasteiger partial charge is 0.451 e. The van der Waals surface area contributed by atoms with E-state index >= 15 is 0 Å². The van der Waals surface area contributed by atoms with Gasteiger partial charge >= 0.3 is 0 Å². The first-order chi connectivity index (χ1) is 14.7. The molecule has 0 N–H and O–H groups in total. The molecule has 1 fully saturated rings. The van der Waals surface area contributed by atoms with Gasteiger partial charge in [0.1, 0.15) is 5.58 Å². The van der Waals surface area contributed by atoms with Crippen molar-refractivity contribution in [1.82, 2.24) is 4.90 Å². The van der Waals surface area contributed by atoms with E-state index in [1.165, 1.54) is 5.56 Å². The standard InChI is InChI=1S/C25H29NO4S/c1-5-19-6-8-20(9-7-19)14-26(21-10-11-31(28,29)15-21)25(27)24-18(4)22-12-16(2)17(3)13-23(22)30-24/h6-9,12-13,21H,5,10-11,14-15H2,1-4H3/t21-/m0/s1. The van der Waals surface area contributed by atoms with Gasteiger partial charge in [0.2, 0.25) is 0 Å². The van der Waals surface area contributed by atoms with E-state index in [4.69, 9.17) is 4.42 Å². The zero-order valence-electron chi connectivity index (χ0n) is 18.6. The quantitative estimate of drug-likeness (QED) is 0.575. The second kappa shape index (κ2) is 8.15. The van der Waals surface area contributed by atoms with Crippen molar-refractivity contribution >= 4 is 26.7 Å². The minimum atomic E-state index is -3.13. The van der Waals surface area contributed by atoms with Crippen molar-refractivity contribution < 1.29 is 17.6 Å². The molecule has 31 heavy (non-hydrogen) atoms. The van der Waals surface area contributed by atoms with E-state index in [9.17, 15) is 13.2 Å². The second-order valence-electron chi connectivity index (χ2n) is 8.65. The Morgan fingerprint density at radius 3 is 2.32 bits per heavy atom. The summed E-state index contributed by atoms with van der Waals surface area (Å²) in [6, 6.07) is 11.8. The normalized spacial score (nSPS) is 17.9. The third kappa shape index (κ3) is 4.26. The number of aryl methyl sites for hydroxylation is 4. The molecule has 1 aliphatic rings. The van der Waals surface area contributed by atoms with Gasteiger partial charge in [-0.15, -0.1) is 0 Å². The molecule has 1 aliphatic heterocycles. The van der Waals surface area contributed by atoms with Crippen LogP contribution >= 0.6 is 0 Å². The lowest BCUT2D eigenvalue weighted by atomic mass is 10.0. The van der Waals surface area contributed by atoms with Gasteiger partial charge in [0, 0.05) is 23.5 Å². The molecule has 0 saturated carbocycles. The van der Waals surface area contributed by atoms with E-state index in [-0.39, 0.29) is 23.5 Å². The first kappa shape index (κ1) is 21.6. The van der Waals surface area contributed by atoms with Crippen molar-refractivity contribution in [3.63, 3.8) is 0 Å². The molecular weight excluding hydrogens is 410 g/mol. The van der Waals surface area contributed by atoms with Crippen LogP contribution in [0.4, 0.5) is 0 Å². The lowest BCUT2D eigenvalue weighted by Gasteiger charge is -2.28. The number of sulfone groups is 1. The summed E-state index contributed by atoms with van der Waals surface area (Å²) >= 11 is 0. The van der Waals surface area contributed by atoms with Gasteiger partial charge in [0.25, 0.3) is 5.91 Å². The fraction of sp³-hybridized carbons (Fsp3) is 0.400. The van der Waals surface area contributed by atoms with Gasteiger partial charge in [-0.2, -0.15) is 0 Å². The summed E-state index contributed by atoms with van der Waals surface area (Å²) in [7, 11) is -3.13. The average molecular weight is 440 g/mol. The summed E-state index contributed by atoms with van der Waals surface area (Å²) in [5, 5.41) is 0.928. The van der Waals surface area contributed by atoms with Crippen LogP contribution in [0.5, 0.6) is 0 Å². The molecule has 164 valence electrons. The summed E-state index contributed by atoms with van der Waals surface area (Å²) in [6.45, 7) is 8.41. The van der Waals surface area contributed by atoms with Crippen molar-refractivity contribution in [2.45, 2.75) is 53.1 Å². The van der Waals surface area contributed by atoms with Crippen molar-refractivity contribution in [3.8, 4) is 0 Å². The highest BCUT2D eigenvalue weighted by Gasteiger charge is 2.36. The van der Waals surface area contributed by atoms with Gasteiger partial charge in [0.05, 0.1) is 11.5 Å². The van der Waals surface area contributed by atoms with E-state index in [1.807, 2.05) is 45.0 Å². The van der Waals surface area contributed by atoms with Crippen molar-refractivity contribution in [1.29, 1.82) is 0 Å². The molecule has 1 atom stereocenters. The Labute approximate surface area is 184 Å². The van der Waals surface area contributed by atoms with Crippen LogP contribution in [0.25, 0.3) is 11.0 Å². The summed E-state index contributed by atoms with van der Waals surface area (Å²) in [4.78, 5) is 15.4. The predicted molar refractivity (Wildman–Crippen MR) is 123 cm³/mol. The van der Waals surface area contributed by atoms with E-state index in [2.05, 4.69) is 19.1 Å². The predicted octanol–water partition coefficient (Wildman–Crippen LogP) is 4.75. The number of carbonyl (C=O) groups is 1. The molecule has 6 heteroatoms. The summed E-state index contributed by atoms with van der Waals surface area (Å²) < 4.78 is 30.3. The molecule has 1 amide bonds. The number of benzene rings is 2. The Kier molecular flexibility index (Phi) is 5.69. The molecule has 0 radical (unpaired) electrons. The second-order valence-corrected chi connectivity index (χ2v) is 10.9. The third-order valence-corrected chi connectivity index (χ3v) is 8.19. The highest BCUT2D eigenvalue weighted by molar-refractivity contribution is 7.91. The van der Waals surface area contributed by atoms with E-state index in [0.717, 1.165) is 34.1 Å². The van der Waals surface area contributed by atoms with Gasteiger partial charge < -0.3 is 9.32 Å². The zero-order chi connectivity index (χ0) is 22.3. The molecule has 0 aliphatic carbocycles. The van der Waals surface area contributed by atoms with E-state index in [0.29, 0.717) is 24.3 Å². The van der Waals surface area contributed by atoms with E-state index in [1.54, 1.807) is 4.90 Å². The summed E-state index contributed by atoms with van der Waals surface area (Å²) in [5.74, 6) is 0.178. The molecule has 0 spiro atoms. The Balaban J connectivity index is 1.72. The number of nitrogens with zero attached hydrogens (tertiary/aromatic N) is 1. The number of carbonyl (C=O) groups excluding carboxylic acids is 1. The molecule has 2 aromatic carbocycles. The van der Waals surface area contributed by atoms with Gasteiger partial charge in [-0.1, -0.05) is 31.2 Å². The van der Waals surface area contributed by atoms with Crippen LogP contribution in [0.15, 0.2) is 40.8 Å². The minimum Gasteiger partial charge on any atom is -0.451 e. The summed E-state index contributed by atoms with van der Waals surface area (Å²) in [5.41, 5.74) is 5.95. The van der Waals surface area contributed by atoms with Crippen LogP contribution in [0, 0.1) is 20.8 Å². The fourth-order valence-electron chi connectivity index (χ4n) is 4.28. The number of fused-ring (bicyclic) bond motifs is 1. The van der Waals surface area contributed by atoms with Gasteiger partial charge in [-0.3, -0.25) is 4.79 Å². The molecule has 4 rings (SSSR count). The summed E-state index contributed by atoms with van der Waals surface area (Å²) in [6.07, 6.45) is 1.40. The number of rotatable bonds is 5. The number of hydrogen-bond donors (Lipinski definition) is 0. The molecule has 3 aromatic rings. The maximum absolute atomic E-state index is 13.7. The highest BCUT2D eigenvalue weighted by Crippen LogP contribution is 2.31. The topological polar surface area (TPSA) is 67.6 Å². The van der Waals surface area contributed by atoms with Crippen molar-refractivity contribution in [3.05, 3.63) is 70.0 Å². The molecule has 0 bridgehead atoms. The van der Waals surface area contributed by atoms with Crippen LogP contribution in [0.2, 0.25) is 0 Å². The molecular formula is C25H29NO4S. The highest BCUT2D eigenvalue weighted by atomic mass is 32.2. The molecule has 1 aromatic heterocycles. The molecule has 5 nitrogen and oxygen atoms in total. The maximum Gasteiger partial charge on any atom is 0.290 e. The van der Waals surface area contributed by atoms with Gasteiger partial charge in [-0.05, 0) is 68.0 Å². The monoisotopic (exact) mass is 439 g/mol. The molecule has 1 saturated heterocycles. The van der Waals surface area contributed by atoms with Crippen molar-refractivity contribution in [2.24, 2.45) is 0 Å². The van der Waals surface area contributed by atoms with Gasteiger partial charge in [0.15, 0.2) is 15.6 Å². The van der Waals surface area contributed by atoms with Crippen LogP contribution in [-0.4, -0.2) is 36.8 Å². The zero-order valence-corrected chi connectivity index (χ0v) is 19.4. The van der Waals surface area contributed by atoms with Crippen LogP contribution in [-0.2, 0) is 22.8 Å². The lowest BCUT2D eigenvalue weighted by Crippen LogP contribution is -2.40.